The first-order valence-electron chi connectivity index (χ1n) is 6.37. The van der Waals surface area contributed by atoms with Gasteiger partial charge < -0.3 is 10.3 Å². The third-order valence-corrected chi connectivity index (χ3v) is 3.08. The first kappa shape index (κ1) is 12.8. The van der Waals surface area contributed by atoms with E-state index in [1.54, 1.807) is 0 Å². The standard InChI is InChI=1S/C14H20N4/c1-4-7-18-13(9-15)16-17-14(18)12-6-5-10(2)8-11(12)3/h5-6,8H,4,7,9,15H2,1-3H3. The number of rotatable bonds is 4. The zero-order valence-electron chi connectivity index (χ0n) is 11.3. The number of aryl methyl sites for hydroxylation is 2. The molecule has 0 fully saturated rings. The molecule has 0 amide bonds. The third-order valence-electron chi connectivity index (χ3n) is 3.08. The molecule has 0 bridgehead atoms. The van der Waals surface area contributed by atoms with Crippen molar-refractivity contribution in [3.8, 4) is 11.4 Å². The molecule has 96 valence electrons. The van der Waals surface area contributed by atoms with Gasteiger partial charge in [0.2, 0.25) is 0 Å². The van der Waals surface area contributed by atoms with Crippen molar-refractivity contribution in [2.75, 3.05) is 0 Å². The van der Waals surface area contributed by atoms with Gasteiger partial charge in [-0.1, -0.05) is 30.7 Å². The predicted octanol–water partition coefficient (Wildman–Crippen LogP) is 2.43. The number of nitrogens with zero attached hydrogens (tertiary/aromatic N) is 3. The molecule has 0 aliphatic carbocycles. The summed E-state index contributed by atoms with van der Waals surface area (Å²) in [5.41, 5.74) is 9.34. The maximum Gasteiger partial charge on any atom is 0.164 e. The second kappa shape index (κ2) is 5.31. The molecule has 1 heterocycles. The SMILES string of the molecule is CCCn1c(CN)nnc1-c1ccc(C)cc1C. The molecule has 0 aliphatic heterocycles. The van der Waals surface area contributed by atoms with Crippen LogP contribution < -0.4 is 5.73 Å². The van der Waals surface area contributed by atoms with Crippen LogP contribution in [0.15, 0.2) is 18.2 Å². The molecule has 0 aliphatic rings. The second-order valence-electron chi connectivity index (χ2n) is 4.61. The summed E-state index contributed by atoms with van der Waals surface area (Å²) in [4.78, 5) is 0. The fraction of sp³-hybridized carbons (Fsp3) is 0.429. The zero-order chi connectivity index (χ0) is 13.1. The zero-order valence-corrected chi connectivity index (χ0v) is 11.3. The minimum atomic E-state index is 0.428. The summed E-state index contributed by atoms with van der Waals surface area (Å²) < 4.78 is 2.12. The van der Waals surface area contributed by atoms with Gasteiger partial charge in [0.05, 0.1) is 6.54 Å². The lowest BCUT2D eigenvalue weighted by molar-refractivity contribution is 0.643. The van der Waals surface area contributed by atoms with Crippen LogP contribution in [0.3, 0.4) is 0 Å². The molecular weight excluding hydrogens is 224 g/mol. The Morgan fingerprint density at radius 1 is 1.22 bits per heavy atom. The smallest absolute Gasteiger partial charge is 0.164 e. The lowest BCUT2D eigenvalue weighted by Crippen LogP contribution is -2.09. The van der Waals surface area contributed by atoms with Gasteiger partial charge in [0, 0.05) is 12.1 Å². The van der Waals surface area contributed by atoms with Crippen LogP contribution in [-0.2, 0) is 13.1 Å². The van der Waals surface area contributed by atoms with E-state index < -0.39 is 0 Å². The quantitative estimate of drug-likeness (QED) is 0.898. The summed E-state index contributed by atoms with van der Waals surface area (Å²) in [5.74, 6) is 1.78. The van der Waals surface area contributed by atoms with E-state index in [-0.39, 0.29) is 0 Å². The summed E-state index contributed by atoms with van der Waals surface area (Å²) in [6, 6.07) is 6.39. The molecule has 4 nitrogen and oxygen atoms in total. The summed E-state index contributed by atoms with van der Waals surface area (Å²) in [7, 11) is 0. The maximum absolute atomic E-state index is 5.71. The molecule has 2 rings (SSSR count). The predicted molar refractivity (Wildman–Crippen MR) is 73.1 cm³/mol. The molecule has 18 heavy (non-hydrogen) atoms. The molecule has 0 atom stereocenters. The Balaban J connectivity index is 2.52. The van der Waals surface area contributed by atoms with Crippen LogP contribution in [0.25, 0.3) is 11.4 Å². The lowest BCUT2D eigenvalue weighted by Gasteiger charge is -2.10. The van der Waals surface area contributed by atoms with Gasteiger partial charge in [-0.2, -0.15) is 0 Å². The average Bonchev–Trinajstić information content (AvgIpc) is 2.73. The van der Waals surface area contributed by atoms with Crippen molar-refractivity contribution >= 4 is 0 Å². The highest BCUT2D eigenvalue weighted by atomic mass is 15.3. The monoisotopic (exact) mass is 244 g/mol. The van der Waals surface area contributed by atoms with Crippen LogP contribution in [0.5, 0.6) is 0 Å². The maximum atomic E-state index is 5.71. The summed E-state index contributed by atoms with van der Waals surface area (Å²) in [5, 5.41) is 8.48. The molecule has 0 unspecified atom stereocenters. The van der Waals surface area contributed by atoms with Crippen molar-refractivity contribution in [2.45, 2.75) is 40.3 Å². The Kier molecular flexibility index (Phi) is 3.77. The number of nitrogens with two attached hydrogens (primary N) is 1. The van der Waals surface area contributed by atoms with Gasteiger partial charge >= 0.3 is 0 Å². The fourth-order valence-electron chi connectivity index (χ4n) is 2.21. The van der Waals surface area contributed by atoms with Crippen molar-refractivity contribution in [1.82, 2.24) is 14.8 Å². The number of benzene rings is 1. The molecule has 0 radical (unpaired) electrons. The van der Waals surface area contributed by atoms with Crippen LogP contribution >= 0.6 is 0 Å². The van der Waals surface area contributed by atoms with Crippen LogP contribution in [0.4, 0.5) is 0 Å². The molecule has 0 saturated carbocycles. The Hall–Kier alpha value is -1.68. The molecule has 0 saturated heterocycles. The van der Waals surface area contributed by atoms with Gasteiger partial charge in [-0.15, -0.1) is 10.2 Å². The van der Waals surface area contributed by atoms with E-state index in [2.05, 4.69) is 53.7 Å². The van der Waals surface area contributed by atoms with E-state index in [4.69, 9.17) is 5.73 Å². The molecule has 0 spiro atoms. The molecule has 1 aromatic heterocycles. The second-order valence-corrected chi connectivity index (χ2v) is 4.61. The van der Waals surface area contributed by atoms with Crippen molar-refractivity contribution < 1.29 is 0 Å². The van der Waals surface area contributed by atoms with Crippen molar-refractivity contribution in [3.05, 3.63) is 35.2 Å². The van der Waals surface area contributed by atoms with Crippen LogP contribution in [0.2, 0.25) is 0 Å². The first-order valence-corrected chi connectivity index (χ1v) is 6.37. The molecule has 2 N–H and O–H groups in total. The van der Waals surface area contributed by atoms with E-state index >= 15 is 0 Å². The summed E-state index contributed by atoms with van der Waals surface area (Å²) >= 11 is 0. The summed E-state index contributed by atoms with van der Waals surface area (Å²) in [6.07, 6.45) is 1.04. The highest BCUT2D eigenvalue weighted by Gasteiger charge is 2.13. The van der Waals surface area contributed by atoms with Gasteiger partial charge in [-0.3, -0.25) is 0 Å². The van der Waals surface area contributed by atoms with E-state index in [1.165, 1.54) is 11.1 Å². The largest absolute Gasteiger partial charge is 0.324 e. The normalized spacial score (nSPS) is 10.9. The topological polar surface area (TPSA) is 56.7 Å². The van der Waals surface area contributed by atoms with Crippen LogP contribution in [-0.4, -0.2) is 14.8 Å². The third kappa shape index (κ3) is 2.29. The van der Waals surface area contributed by atoms with Gasteiger partial charge in [0.25, 0.3) is 0 Å². The van der Waals surface area contributed by atoms with Gasteiger partial charge in [0.15, 0.2) is 5.82 Å². The van der Waals surface area contributed by atoms with Crippen molar-refractivity contribution in [3.63, 3.8) is 0 Å². The summed E-state index contributed by atoms with van der Waals surface area (Å²) in [6.45, 7) is 7.68. The van der Waals surface area contributed by atoms with Crippen LogP contribution in [0, 0.1) is 13.8 Å². The number of hydrogen-bond acceptors (Lipinski definition) is 3. The molecule has 4 heteroatoms. The van der Waals surface area contributed by atoms with E-state index in [0.717, 1.165) is 30.2 Å². The highest BCUT2D eigenvalue weighted by Crippen LogP contribution is 2.23. The Bertz CT molecular complexity index is 543. The minimum Gasteiger partial charge on any atom is -0.324 e. The van der Waals surface area contributed by atoms with Gasteiger partial charge in [0.1, 0.15) is 5.82 Å². The highest BCUT2D eigenvalue weighted by molar-refractivity contribution is 5.61. The van der Waals surface area contributed by atoms with E-state index in [0.29, 0.717) is 6.54 Å². The lowest BCUT2D eigenvalue weighted by atomic mass is 10.1. The fourth-order valence-corrected chi connectivity index (χ4v) is 2.21. The van der Waals surface area contributed by atoms with Crippen molar-refractivity contribution in [1.29, 1.82) is 0 Å². The van der Waals surface area contributed by atoms with Crippen molar-refractivity contribution in [2.24, 2.45) is 5.73 Å². The Labute approximate surface area is 108 Å². The van der Waals surface area contributed by atoms with Gasteiger partial charge in [-0.25, -0.2) is 0 Å². The number of hydrogen-bond donors (Lipinski definition) is 1. The Morgan fingerprint density at radius 2 is 2.00 bits per heavy atom. The minimum absolute atomic E-state index is 0.428. The first-order chi connectivity index (χ1) is 8.67. The van der Waals surface area contributed by atoms with Gasteiger partial charge in [-0.05, 0) is 25.8 Å². The molecule has 1 aromatic carbocycles. The average molecular weight is 244 g/mol. The molecular formula is C14H20N4. The Morgan fingerprint density at radius 3 is 2.61 bits per heavy atom. The number of aromatic nitrogens is 3. The van der Waals surface area contributed by atoms with E-state index in [9.17, 15) is 0 Å². The van der Waals surface area contributed by atoms with E-state index in [1.807, 2.05) is 0 Å². The van der Waals surface area contributed by atoms with Crippen LogP contribution in [0.1, 0.15) is 30.3 Å². The molecule has 2 aromatic rings.